The van der Waals surface area contributed by atoms with Gasteiger partial charge in [0, 0.05) is 19.7 Å². The van der Waals surface area contributed by atoms with Crippen LogP contribution in [0.2, 0.25) is 0 Å². The van der Waals surface area contributed by atoms with Crippen LogP contribution in [0.3, 0.4) is 0 Å². The predicted octanol–water partition coefficient (Wildman–Crippen LogP) is 2.08. The Morgan fingerprint density at radius 1 is 1.05 bits per heavy atom. The summed E-state index contributed by atoms with van der Waals surface area (Å²) >= 11 is 0. The number of amides is 1. The lowest BCUT2D eigenvalue weighted by Crippen LogP contribution is -2.38. The highest BCUT2D eigenvalue weighted by Crippen LogP contribution is 2.48. The topological polar surface area (TPSA) is 29.5 Å². The number of hydrogen-bond donors (Lipinski definition) is 0. The van der Waals surface area contributed by atoms with Gasteiger partial charge in [0.25, 0.3) is 0 Å². The average molecular weight is 261 g/mol. The highest BCUT2D eigenvalue weighted by molar-refractivity contribution is 5.79. The Morgan fingerprint density at radius 2 is 1.74 bits per heavy atom. The summed E-state index contributed by atoms with van der Waals surface area (Å²) in [5.74, 6) is 3.49. The van der Waals surface area contributed by atoms with E-state index >= 15 is 0 Å². The van der Waals surface area contributed by atoms with Crippen molar-refractivity contribution in [1.29, 1.82) is 0 Å². The molecular formula is C16H23NO2. The van der Waals surface area contributed by atoms with Crippen LogP contribution in [-0.4, -0.2) is 37.1 Å². The molecular weight excluding hydrogens is 238 g/mol. The van der Waals surface area contributed by atoms with Crippen molar-refractivity contribution in [1.82, 2.24) is 4.90 Å². The molecule has 2 bridgehead atoms. The van der Waals surface area contributed by atoms with E-state index in [0.717, 1.165) is 56.2 Å². The Morgan fingerprint density at radius 3 is 2.26 bits per heavy atom. The second kappa shape index (κ2) is 4.62. The minimum Gasteiger partial charge on any atom is -0.381 e. The maximum Gasteiger partial charge on any atom is 0.228 e. The highest BCUT2D eigenvalue weighted by atomic mass is 16.5. The lowest BCUT2D eigenvalue weighted by Gasteiger charge is -2.40. The van der Waals surface area contributed by atoms with Crippen LogP contribution in [0.25, 0.3) is 0 Å². The van der Waals surface area contributed by atoms with Crippen molar-refractivity contribution >= 4 is 5.91 Å². The van der Waals surface area contributed by atoms with Gasteiger partial charge in [0.15, 0.2) is 0 Å². The van der Waals surface area contributed by atoms with Gasteiger partial charge in [-0.15, -0.1) is 0 Å². The van der Waals surface area contributed by atoms with Crippen molar-refractivity contribution in [2.75, 3.05) is 26.3 Å². The maximum absolute atomic E-state index is 12.6. The molecule has 3 fully saturated rings. The van der Waals surface area contributed by atoms with E-state index in [1.54, 1.807) is 0 Å². The Labute approximate surface area is 115 Å². The van der Waals surface area contributed by atoms with Gasteiger partial charge in [0.1, 0.15) is 0 Å². The summed E-state index contributed by atoms with van der Waals surface area (Å²) in [5.41, 5.74) is 0. The summed E-state index contributed by atoms with van der Waals surface area (Å²) in [4.78, 5) is 14.8. The third kappa shape index (κ3) is 1.94. The molecule has 0 aromatic carbocycles. The largest absolute Gasteiger partial charge is 0.381 e. The van der Waals surface area contributed by atoms with Gasteiger partial charge in [0.05, 0.1) is 12.5 Å². The van der Waals surface area contributed by atoms with Gasteiger partial charge in [-0.25, -0.2) is 0 Å². The maximum atomic E-state index is 12.6. The zero-order chi connectivity index (χ0) is 12.8. The molecule has 0 aromatic rings. The molecule has 2 heterocycles. The van der Waals surface area contributed by atoms with Crippen LogP contribution in [0.1, 0.15) is 25.7 Å². The number of rotatable bonds is 1. The smallest absolute Gasteiger partial charge is 0.228 e. The van der Waals surface area contributed by atoms with Crippen molar-refractivity contribution < 1.29 is 9.53 Å². The van der Waals surface area contributed by atoms with Crippen LogP contribution in [0, 0.1) is 29.6 Å². The molecule has 2 saturated heterocycles. The van der Waals surface area contributed by atoms with Crippen molar-refractivity contribution in [2.45, 2.75) is 25.7 Å². The quantitative estimate of drug-likeness (QED) is 0.676. The number of likely N-dealkylation sites (tertiary alicyclic amines) is 1. The van der Waals surface area contributed by atoms with E-state index in [2.05, 4.69) is 17.1 Å². The number of hydrogen-bond acceptors (Lipinski definition) is 2. The monoisotopic (exact) mass is 261 g/mol. The standard InChI is InChI=1S/C16H23NO2/c18-16(13-2-1-7-19-10-13)17-8-14-11-3-4-12(6-5-11)15(14)9-17/h3-4,11-15H,1-2,5-10H2/t11-,12-,13+,14-,15-/m0/s1. The lowest BCUT2D eigenvalue weighted by molar-refractivity contribution is -0.138. The first-order valence-electron chi connectivity index (χ1n) is 7.88. The van der Waals surface area contributed by atoms with Crippen molar-refractivity contribution in [3.8, 4) is 0 Å². The predicted molar refractivity (Wildman–Crippen MR) is 72.5 cm³/mol. The molecule has 0 aromatic heterocycles. The Hall–Kier alpha value is -0.830. The van der Waals surface area contributed by atoms with Gasteiger partial charge in [-0.2, -0.15) is 0 Å². The molecule has 0 radical (unpaired) electrons. The van der Waals surface area contributed by atoms with Crippen molar-refractivity contribution in [3.63, 3.8) is 0 Å². The van der Waals surface area contributed by atoms with Crippen LogP contribution in [-0.2, 0) is 9.53 Å². The first kappa shape index (κ1) is 12.0. The third-order valence-electron chi connectivity index (χ3n) is 5.77. The second-order valence-electron chi connectivity index (χ2n) is 6.77. The average Bonchev–Trinajstić information content (AvgIpc) is 2.96. The lowest BCUT2D eigenvalue weighted by atomic mass is 9.64. The van der Waals surface area contributed by atoms with Gasteiger partial charge in [0.2, 0.25) is 5.91 Å². The molecule has 3 heteroatoms. The molecule has 3 aliphatic carbocycles. The van der Waals surface area contributed by atoms with Crippen molar-refractivity contribution in [2.24, 2.45) is 29.6 Å². The van der Waals surface area contributed by atoms with E-state index in [0.29, 0.717) is 12.5 Å². The molecule has 1 amide bonds. The minimum atomic E-state index is 0.138. The summed E-state index contributed by atoms with van der Waals surface area (Å²) in [6.45, 7) is 3.50. The number of ether oxygens (including phenoxy) is 1. The van der Waals surface area contributed by atoms with E-state index in [1.165, 1.54) is 12.8 Å². The van der Waals surface area contributed by atoms with Crippen LogP contribution in [0.5, 0.6) is 0 Å². The molecule has 0 N–H and O–H groups in total. The summed E-state index contributed by atoms with van der Waals surface area (Å²) in [6.07, 6.45) is 9.60. The van der Waals surface area contributed by atoms with Gasteiger partial charge < -0.3 is 9.64 Å². The highest BCUT2D eigenvalue weighted by Gasteiger charge is 2.47. The van der Waals surface area contributed by atoms with E-state index in [9.17, 15) is 4.79 Å². The normalized spacial score (nSPS) is 44.4. The molecule has 5 rings (SSSR count). The summed E-state index contributed by atoms with van der Waals surface area (Å²) in [7, 11) is 0. The third-order valence-corrected chi connectivity index (χ3v) is 5.77. The molecule has 0 unspecified atom stereocenters. The van der Waals surface area contributed by atoms with Crippen molar-refractivity contribution in [3.05, 3.63) is 12.2 Å². The molecule has 2 aliphatic heterocycles. The Bertz CT molecular complexity index is 378. The van der Waals surface area contributed by atoms with E-state index in [-0.39, 0.29) is 5.92 Å². The summed E-state index contributed by atoms with van der Waals surface area (Å²) in [6, 6.07) is 0. The molecule has 19 heavy (non-hydrogen) atoms. The fourth-order valence-electron chi connectivity index (χ4n) is 4.71. The molecule has 1 saturated carbocycles. The van der Waals surface area contributed by atoms with Gasteiger partial charge in [-0.1, -0.05) is 12.2 Å². The zero-order valence-corrected chi connectivity index (χ0v) is 11.5. The zero-order valence-electron chi connectivity index (χ0n) is 11.5. The van der Waals surface area contributed by atoms with E-state index < -0.39 is 0 Å². The van der Waals surface area contributed by atoms with Gasteiger partial charge in [-0.3, -0.25) is 4.79 Å². The van der Waals surface area contributed by atoms with Crippen LogP contribution < -0.4 is 0 Å². The fraction of sp³-hybridized carbons (Fsp3) is 0.812. The molecule has 104 valence electrons. The molecule has 5 aliphatic rings. The molecule has 3 nitrogen and oxygen atoms in total. The van der Waals surface area contributed by atoms with E-state index in [1.807, 2.05) is 0 Å². The number of carbonyl (C=O) groups excluding carboxylic acids is 1. The SMILES string of the molecule is O=C([C@@H]1CCCOC1)N1C[C@@H]2[C@@H](C1)[C@H]1C=C[C@H]2CC1. The fourth-order valence-corrected chi connectivity index (χ4v) is 4.71. The first-order chi connectivity index (χ1) is 9.33. The van der Waals surface area contributed by atoms with Crippen LogP contribution in [0.15, 0.2) is 12.2 Å². The second-order valence-corrected chi connectivity index (χ2v) is 6.77. The summed E-state index contributed by atoms with van der Waals surface area (Å²) in [5, 5.41) is 0. The van der Waals surface area contributed by atoms with Gasteiger partial charge >= 0.3 is 0 Å². The first-order valence-corrected chi connectivity index (χ1v) is 7.88. The minimum absolute atomic E-state index is 0.138. The molecule has 5 atom stereocenters. The Kier molecular flexibility index (Phi) is 2.91. The number of carbonyl (C=O) groups is 1. The molecule has 0 spiro atoms. The summed E-state index contributed by atoms with van der Waals surface area (Å²) < 4.78 is 5.48. The van der Waals surface area contributed by atoms with E-state index in [4.69, 9.17) is 4.74 Å². The van der Waals surface area contributed by atoms with Gasteiger partial charge in [-0.05, 0) is 49.4 Å². The number of allylic oxidation sites excluding steroid dienone is 2. The Balaban J connectivity index is 1.46. The van der Waals surface area contributed by atoms with Crippen LogP contribution >= 0.6 is 0 Å². The van der Waals surface area contributed by atoms with Crippen LogP contribution in [0.4, 0.5) is 0 Å². The number of nitrogens with zero attached hydrogens (tertiary/aromatic N) is 1. The number of fused-ring (bicyclic) bond motifs is 1.